The van der Waals surface area contributed by atoms with Gasteiger partial charge in [0.05, 0.1) is 0 Å². The molecule has 1 saturated heterocycles. The Kier molecular flexibility index (Phi) is 8.28. The number of likely N-dealkylation sites (N-methyl/N-ethyl adjacent to an activating group) is 1. The second-order valence-corrected chi connectivity index (χ2v) is 8.93. The topological polar surface area (TPSA) is 64.7 Å². The van der Waals surface area contributed by atoms with Crippen molar-refractivity contribution in [3.63, 3.8) is 0 Å². The average Bonchev–Trinajstić information content (AvgIpc) is 2.79. The van der Waals surface area contributed by atoms with Gasteiger partial charge in [-0.15, -0.1) is 0 Å². The Morgan fingerprint density at radius 3 is 2.22 bits per heavy atom. The lowest BCUT2D eigenvalue weighted by Gasteiger charge is -2.35. The van der Waals surface area contributed by atoms with E-state index in [1.807, 2.05) is 51.1 Å². The van der Waals surface area contributed by atoms with Gasteiger partial charge in [-0.1, -0.05) is 39.0 Å². The summed E-state index contributed by atoms with van der Waals surface area (Å²) in [6.07, 6.45) is 0.573. The minimum absolute atomic E-state index is 0.190. The third-order valence-corrected chi connectivity index (χ3v) is 6.04. The fourth-order valence-corrected chi connectivity index (χ4v) is 4.07. The Hall–Kier alpha value is -2.86. The molecule has 0 aliphatic carbocycles. The number of rotatable bonds is 8. The number of benzene rings is 2. The predicted molar refractivity (Wildman–Crippen MR) is 131 cm³/mol. The van der Waals surface area contributed by atoms with E-state index >= 15 is 0 Å². The van der Waals surface area contributed by atoms with Gasteiger partial charge >= 0.3 is 0 Å². The van der Waals surface area contributed by atoms with Crippen LogP contribution in [0.1, 0.15) is 43.1 Å². The lowest BCUT2D eigenvalue weighted by molar-refractivity contribution is -0.118. The first-order valence-corrected chi connectivity index (χ1v) is 11.6. The number of carbonyl (C=O) groups is 2. The highest BCUT2D eigenvalue weighted by Crippen LogP contribution is 2.20. The third kappa shape index (κ3) is 6.33. The van der Waals surface area contributed by atoms with Crippen LogP contribution in [0.3, 0.4) is 0 Å². The minimum atomic E-state index is -0.594. The first kappa shape index (κ1) is 23.8. The van der Waals surface area contributed by atoms with Crippen molar-refractivity contribution in [2.24, 2.45) is 5.92 Å². The molecule has 1 fully saturated rings. The van der Waals surface area contributed by atoms with Crippen molar-refractivity contribution in [1.29, 1.82) is 0 Å². The molecule has 0 radical (unpaired) electrons. The second-order valence-electron chi connectivity index (χ2n) is 8.93. The van der Waals surface area contributed by atoms with Gasteiger partial charge < -0.3 is 20.4 Å². The predicted octanol–water partition coefficient (Wildman–Crippen LogP) is 3.92. The monoisotopic (exact) mass is 436 g/mol. The molecule has 2 aromatic carbocycles. The summed E-state index contributed by atoms with van der Waals surface area (Å²) in [6.45, 7) is 13.5. The zero-order chi connectivity index (χ0) is 23.1. The van der Waals surface area contributed by atoms with Gasteiger partial charge in [0, 0.05) is 43.1 Å². The summed E-state index contributed by atoms with van der Waals surface area (Å²) in [4.78, 5) is 30.6. The maximum Gasteiger partial charge on any atom is 0.252 e. The summed E-state index contributed by atoms with van der Waals surface area (Å²) in [7, 11) is 0. The number of carbonyl (C=O) groups excluding carboxylic acids is 2. The molecule has 6 heteroatoms. The van der Waals surface area contributed by atoms with Gasteiger partial charge in [-0.25, -0.2) is 0 Å². The average molecular weight is 437 g/mol. The van der Waals surface area contributed by atoms with Gasteiger partial charge in [0.1, 0.15) is 6.04 Å². The largest absolute Gasteiger partial charge is 0.369 e. The van der Waals surface area contributed by atoms with Crippen LogP contribution in [0.4, 0.5) is 11.4 Å². The second kappa shape index (κ2) is 11.1. The Morgan fingerprint density at radius 1 is 0.969 bits per heavy atom. The number of aryl methyl sites for hydroxylation is 1. The summed E-state index contributed by atoms with van der Waals surface area (Å²) in [6, 6.07) is 14.8. The molecule has 32 heavy (non-hydrogen) atoms. The van der Waals surface area contributed by atoms with E-state index in [2.05, 4.69) is 39.5 Å². The first-order valence-electron chi connectivity index (χ1n) is 11.6. The summed E-state index contributed by atoms with van der Waals surface area (Å²) in [5.74, 6) is -0.137. The highest BCUT2D eigenvalue weighted by molar-refractivity contribution is 6.01. The number of hydrogen-bond acceptors (Lipinski definition) is 4. The fourth-order valence-electron chi connectivity index (χ4n) is 4.07. The Morgan fingerprint density at radius 2 is 1.62 bits per heavy atom. The molecule has 6 nitrogen and oxygen atoms in total. The van der Waals surface area contributed by atoms with Crippen LogP contribution in [-0.2, 0) is 4.79 Å². The molecule has 1 atom stereocenters. The number of nitrogens with zero attached hydrogens (tertiary/aromatic N) is 2. The maximum atomic E-state index is 13.0. The molecular weight excluding hydrogens is 400 g/mol. The fraction of sp³-hybridized carbons (Fsp3) is 0.462. The summed E-state index contributed by atoms with van der Waals surface area (Å²) < 4.78 is 0. The van der Waals surface area contributed by atoms with Crippen molar-refractivity contribution in [2.75, 3.05) is 42.9 Å². The molecule has 0 bridgehead atoms. The van der Waals surface area contributed by atoms with E-state index in [0.717, 1.165) is 44.0 Å². The van der Waals surface area contributed by atoms with Gasteiger partial charge in [0.25, 0.3) is 5.91 Å². The van der Waals surface area contributed by atoms with E-state index in [1.54, 1.807) is 6.07 Å². The number of hydrogen-bond donors (Lipinski definition) is 2. The number of amides is 2. The van der Waals surface area contributed by atoms with Gasteiger partial charge in [-0.2, -0.15) is 0 Å². The molecule has 1 heterocycles. The first-order chi connectivity index (χ1) is 15.4. The normalized spacial score (nSPS) is 15.5. The standard InChI is InChI=1S/C26H36N4O2/c1-5-29-14-16-30(17-15-29)22-12-10-21(11-13-22)27-26(32)24(18-19(2)3)28-25(31)23-9-7-6-8-20(23)4/h6-13,19,24H,5,14-18H2,1-4H3,(H,27,32)(H,28,31). The van der Waals surface area contributed by atoms with Crippen LogP contribution >= 0.6 is 0 Å². The smallest absolute Gasteiger partial charge is 0.252 e. The Labute approximate surface area is 192 Å². The summed E-state index contributed by atoms with van der Waals surface area (Å²) in [5.41, 5.74) is 3.40. The molecule has 172 valence electrons. The van der Waals surface area contributed by atoms with E-state index in [9.17, 15) is 9.59 Å². The Balaban J connectivity index is 1.63. The van der Waals surface area contributed by atoms with Crippen molar-refractivity contribution >= 4 is 23.2 Å². The lowest BCUT2D eigenvalue weighted by atomic mass is 10.0. The molecular formula is C26H36N4O2. The number of piperazine rings is 1. The van der Waals surface area contributed by atoms with Crippen LogP contribution in [0, 0.1) is 12.8 Å². The number of nitrogens with one attached hydrogen (secondary N) is 2. The molecule has 2 aromatic rings. The van der Waals surface area contributed by atoms with Crippen molar-refractivity contribution in [1.82, 2.24) is 10.2 Å². The van der Waals surface area contributed by atoms with Crippen LogP contribution in [0.5, 0.6) is 0 Å². The van der Waals surface area contributed by atoms with Gasteiger partial charge in [0.15, 0.2) is 0 Å². The molecule has 3 rings (SSSR count). The Bertz CT molecular complexity index is 902. The van der Waals surface area contributed by atoms with Crippen molar-refractivity contribution < 1.29 is 9.59 Å². The number of anilines is 2. The minimum Gasteiger partial charge on any atom is -0.369 e. The van der Waals surface area contributed by atoms with Gasteiger partial charge in [-0.3, -0.25) is 9.59 Å². The van der Waals surface area contributed by atoms with Gasteiger partial charge in [-0.05, 0) is 61.7 Å². The van der Waals surface area contributed by atoms with Crippen molar-refractivity contribution in [2.45, 2.75) is 40.2 Å². The van der Waals surface area contributed by atoms with Crippen LogP contribution in [0.15, 0.2) is 48.5 Å². The molecule has 0 saturated carbocycles. The molecule has 2 amide bonds. The highest BCUT2D eigenvalue weighted by Gasteiger charge is 2.23. The van der Waals surface area contributed by atoms with Crippen molar-refractivity contribution in [3.05, 3.63) is 59.7 Å². The van der Waals surface area contributed by atoms with Crippen LogP contribution in [-0.4, -0.2) is 55.5 Å². The van der Waals surface area contributed by atoms with E-state index in [1.165, 1.54) is 5.69 Å². The third-order valence-electron chi connectivity index (χ3n) is 6.04. The van der Waals surface area contributed by atoms with E-state index in [4.69, 9.17) is 0 Å². The van der Waals surface area contributed by atoms with E-state index in [0.29, 0.717) is 12.0 Å². The molecule has 1 aliphatic heterocycles. The van der Waals surface area contributed by atoms with Crippen molar-refractivity contribution in [3.8, 4) is 0 Å². The molecule has 1 aliphatic rings. The van der Waals surface area contributed by atoms with Gasteiger partial charge in [0.2, 0.25) is 5.91 Å². The zero-order valence-electron chi connectivity index (χ0n) is 19.7. The zero-order valence-corrected chi connectivity index (χ0v) is 19.7. The summed E-state index contributed by atoms with van der Waals surface area (Å²) >= 11 is 0. The molecule has 0 aromatic heterocycles. The highest BCUT2D eigenvalue weighted by atomic mass is 16.2. The van der Waals surface area contributed by atoms with Crippen LogP contribution < -0.4 is 15.5 Å². The molecule has 0 spiro atoms. The SMILES string of the molecule is CCN1CCN(c2ccc(NC(=O)C(CC(C)C)NC(=O)c3ccccc3C)cc2)CC1. The maximum absolute atomic E-state index is 13.0. The van der Waals surface area contributed by atoms with E-state index in [-0.39, 0.29) is 17.7 Å². The quantitative estimate of drug-likeness (QED) is 0.658. The lowest BCUT2D eigenvalue weighted by Crippen LogP contribution is -2.46. The van der Waals surface area contributed by atoms with E-state index < -0.39 is 6.04 Å². The molecule has 2 N–H and O–H groups in total. The van der Waals surface area contributed by atoms with Crippen LogP contribution in [0.25, 0.3) is 0 Å². The molecule has 1 unspecified atom stereocenters. The van der Waals surface area contributed by atoms with Crippen LogP contribution in [0.2, 0.25) is 0 Å². The summed E-state index contributed by atoms with van der Waals surface area (Å²) in [5, 5.41) is 5.92.